The zero-order chi connectivity index (χ0) is 14.7. The van der Waals surface area contributed by atoms with Gasteiger partial charge in [-0.2, -0.15) is 5.06 Å². The van der Waals surface area contributed by atoms with Gasteiger partial charge in [-0.15, -0.1) is 0 Å². The zero-order valence-electron chi connectivity index (χ0n) is 11.2. The van der Waals surface area contributed by atoms with E-state index in [-0.39, 0.29) is 0 Å². The molecule has 0 radical (unpaired) electrons. The second-order valence-electron chi connectivity index (χ2n) is 4.46. The molecule has 0 spiro atoms. The number of para-hydroxylation sites is 2. The molecule has 1 heterocycles. The van der Waals surface area contributed by atoms with E-state index in [1.54, 1.807) is 30.3 Å². The molecule has 5 nitrogen and oxygen atoms in total. The van der Waals surface area contributed by atoms with E-state index in [1.165, 1.54) is 0 Å². The summed E-state index contributed by atoms with van der Waals surface area (Å²) in [6, 6.07) is 15.7. The van der Waals surface area contributed by atoms with E-state index in [2.05, 4.69) is 0 Å². The van der Waals surface area contributed by atoms with Crippen LogP contribution in [0.4, 0.5) is 10.5 Å². The molecule has 3 rings (SSSR count). The SMILES string of the molecule is NC(=O)N(OC1C=Cc2ccccc2O1)c1ccccc1. The second kappa shape index (κ2) is 5.68. The summed E-state index contributed by atoms with van der Waals surface area (Å²) < 4.78 is 5.68. The van der Waals surface area contributed by atoms with Crippen LogP contribution in [-0.4, -0.2) is 12.3 Å². The van der Waals surface area contributed by atoms with Gasteiger partial charge in [-0.1, -0.05) is 36.4 Å². The minimum absolute atomic E-state index is 0.542. The number of primary amides is 1. The molecule has 1 aliphatic rings. The van der Waals surface area contributed by atoms with Crippen molar-refractivity contribution in [3.8, 4) is 5.75 Å². The van der Waals surface area contributed by atoms with Crippen LogP contribution in [0.1, 0.15) is 5.56 Å². The Bertz CT molecular complexity index is 670. The molecule has 0 saturated carbocycles. The fraction of sp³-hybridized carbons (Fsp3) is 0.0625. The van der Waals surface area contributed by atoms with Gasteiger partial charge in [0.05, 0.1) is 5.69 Å². The first-order valence-corrected chi connectivity index (χ1v) is 6.49. The molecule has 1 atom stereocenters. The van der Waals surface area contributed by atoms with E-state index in [4.69, 9.17) is 15.3 Å². The largest absolute Gasteiger partial charge is 0.458 e. The molecule has 1 aliphatic heterocycles. The molecule has 5 heteroatoms. The van der Waals surface area contributed by atoms with E-state index >= 15 is 0 Å². The van der Waals surface area contributed by atoms with Crippen molar-refractivity contribution in [2.45, 2.75) is 6.29 Å². The van der Waals surface area contributed by atoms with Gasteiger partial charge in [-0.05, 0) is 30.4 Å². The number of fused-ring (bicyclic) bond motifs is 1. The van der Waals surface area contributed by atoms with Gasteiger partial charge in [0.25, 0.3) is 0 Å². The summed E-state index contributed by atoms with van der Waals surface area (Å²) in [4.78, 5) is 17.1. The molecule has 0 bridgehead atoms. The van der Waals surface area contributed by atoms with Gasteiger partial charge < -0.3 is 10.5 Å². The maximum absolute atomic E-state index is 11.6. The average Bonchev–Trinajstić information content (AvgIpc) is 2.53. The number of hydrogen-bond acceptors (Lipinski definition) is 3. The molecule has 2 aromatic carbocycles. The van der Waals surface area contributed by atoms with Crippen LogP contribution in [0.15, 0.2) is 60.7 Å². The summed E-state index contributed by atoms with van der Waals surface area (Å²) in [7, 11) is 0. The minimum Gasteiger partial charge on any atom is -0.458 e. The van der Waals surface area contributed by atoms with Gasteiger partial charge in [0.1, 0.15) is 5.75 Å². The van der Waals surface area contributed by atoms with Crippen molar-refractivity contribution in [1.29, 1.82) is 0 Å². The minimum atomic E-state index is -0.715. The van der Waals surface area contributed by atoms with Crippen LogP contribution in [0.25, 0.3) is 6.08 Å². The number of ether oxygens (including phenoxy) is 1. The third kappa shape index (κ3) is 2.88. The summed E-state index contributed by atoms with van der Waals surface area (Å²) in [5, 5.41) is 1.02. The summed E-state index contributed by atoms with van der Waals surface area (Å²) in [6.45, 7) is 0. The van der Waals surface area contributed by atoms with Crippen LogP contribution in [0.3, 0.4) is 0 Å². The summed E-state index contributed by atoms with van der Waals surface area (Å²) in [6.07, 6.45) is 2.89. The number of rotatable bonds is 3. The highest BCUT2D eigenvalue weighted by Crippen LogP contribution is 2.26. The molecular formula is C16H14N2O3. The molecule has 1 unspecified atom stereocenters. The molecule has 0 saturated heterocycles. The van der Waals surface area contributed by atoms with Crippen molar-refractivity contribution >= 4 is 17.8 Å². The number of urea groups is 1. The Labute approximate surface area is 122 Å². The number of anilines is 1. The van der Waals surface area contributed by atoms with Crippen LogP contribution >= 0.6 is 0 Å². The molecule has 21 heavy (non-hydrogen) atoms. The Morgan fingerprint density at radius 1 is 1.10 bits per heavy atom. The van der Waals surface area contributed by atoms with Gasteiger partial charge >= 0.3 is 6.03 Å². The van der Waals surface area contributed by atoms with Crippen molar-refractivity contribution in [2.24, 2.45) is 5.73 Å². The summed E-state index contributed by atoms with van der Waals surface area (Å²) >= 11 is 0. The first-order chi connectivity index (χ1) is 10.2. The zero-order valence-corrected chi connectivity index (χ0v) is 11.2. The monoisotopic (exact) mass is 282 g/mol. The van der Waals surface area contributed by atoms with Crippen molar-refractivity contribution < 1.29 is 14.4 Å². The first kappa shape index (κ1) is 13.2. The first-order valence-electron chi connectivity index (χ1n) is 6.49. The van der Waals surface area contributed by atoms with E-state index < -0.39 is 12.3 Å². The number of nitrogens with two attached hydrogens (primary N) is 1. The Balaban J connectivity index is 1.78. The lowest BCUT2D eigenvalue weighted by molar-refractivity contribution is -0.0490. The van der Waals surface area contributed by atoms with Crippen LogP contribution in [0.5, 0.6) is 5.75 Å². The van der Waals surface area contributed by atoms with Crippen LogP contribution in [0, 0.1) is 0 Å². The quantitative estimate of drug-likeness (QED) is 0.880. The van der Waals surface area contributed by atoms with Crippen LogP contribution in [-0.2, 0) is 4.84 Å². The standard InChI is InChI=1S/C16H14N2O3/c17-16(19)18(13-7-2-1-3-8-13)21-15-11-10-12-6-4-5-9-14(12)20-15/h1-11,15H,(H2,17,19). The van der Waals surface area contributed by atoms with E-state index in [0.29, 0.717) is 11.4 Å². The van der Waals surface area contributed by atoms with Crippen molar-refractivity contribution in [2.75, 3.05) is 5.06 Å². The molecule has 2 aromatic rings. The lowest BCUT2D eigenvalue weighted by Crippen LogP contribution is -2.40. The van der Waals surface area contributed by atoms with E-state index in [0.717, 1.165) is 10.6 Å². The maximum atomic E-state index is 11.6. The van der Waals surface area contributed by atoms with Gasteiger partial charge in [0.2, 0.25) is 6.29 Å². The van der Waals surface area contributed by atoms with E-state index in [1.807, 2.05) is 36.4 Å². The van der Waals surface area contributed by atoms with Crippen LogP contribution in [0.2, 0.25) is 0 Å². The lowest BCUT2D eigenvalue weighted by atomic mass is 10.1. The summed E-state index contributed by atoms with van der Waals surface area (Å²) in [5.74, 6) is 0.697. The number of hydroxylamine groups is 1. The lowest BCUT2D eigenvalue weighted by Gasteiger charge is -2.26. The molecule has 0 aromatic heterocycles. The van der Waals surface area contributed by atoms with Gasteiger partial charge in [-0.25, -0.2) is 9.63 Å². The van der Waals surface area contributed by atoms with Crippen molar-refractivity contribution in [3.05, 3.63) is 66.2 Å². The fourth-order valence-electron chi connectivity index (χ4n) is 2.04. The van der Waals surface area contributed by atoms with Crippen LogP contribution < -0.4 is 15.5 Å². The van der Waals surface area contributed by atoms with Gasteiger partial charge in [-0.3, -0.25) is 0 Å². The molecule has 106 valence electrons. The second-order valence-corrected chi connectivity index (χ2v) is 4.46. The Morgan fingerprint density at radius 3 is 2.57 bits per heavy atom. The number of benzene rings is 2. The predicted octanol–water partition coefficient (Wildman–Crippen LogP) is 2.94. The average molecular weight is 282 g/mol. The molecular weight excluding hydrogens is 268 g/mol. The third-order valence-electron chi connectivity index (χ3n) is 3.00. The highest BCUT2D eigenvalue weighted by atomic mass is 16.8. The Hall–Kier alpha value is -2.79. The normalized spacial score (nSPS) is 15.9. The molecule has 0 fully saturated rings. The molecule has 2 amide bonds. The topological polar surface area (TPSA) is 64.8 Å². The summed E-state index contributed by atoms with van der Waals surface area (Å²) in [5.41, 5.74) is 6.87. The van der Waals surface area contributed by atoms with Gasteiger partial charge in [0.15, 0.2) is 0 Å². The van der Waals surface area contributed by atoms with Gasteiger partial charge in [0, 0.05) is 5.56 Å². The number of carbonyl (C=O) groups excluding carboxylic acids is 1. The third-order valence-corrected chi connectivity index (χ3v) is 3.00. The number of nitrogens with zero attached hydrogens (tertiary/aromatic N) is 1. The Morgan fingerprint density at radius 2 is 1.81 bits per heavy atom. The highest BCUT2D eigenvalue weighted by molar-refractivity contribution is 5.88. The predicted molar refractivity (Wildman–Crippen MR) is 79.5 cm³/mol. The molecule has 2 N–H and O–H groups in total. The fourth-order valence-corrected chi connectivity index (χ4v) is 2.04. The Kier molecular flexibility index (Phi) is 3.57. The number of carbonyl (C=O) groups is 1. The highest BCUT2D eigenvalue weighted by Gasteiger charge is 2.22. The van der Waals surface area contributed by atoms with Crippen molar-refractivity contribution in [3.63, 3.8) is 0 Å². The van der Waals surface area contributed by atoms with E-state index in [9.17, 15) is 4.79 Å². The maximum Gasteiger partial charge on any atom is 0.343 e. The van der Waals surface area contributed by atoms with Crippen molar-refractivity contribution in [1.82, 2.24) is 0 Å². The number of hydrogen-bond donors (Lipinski definition) is 1. The molecule has 0 aliphatic carbocycles. The number of amides is 2. The smallest absolute Gasteiger partial charge is 0.343 e.